The zero-order valence-electron chi connectivity index (χ0n) is 7.36. The van der Waals surface area contributed by atoms with E-state index in [1.807, 2.05) is 18.2 Å². The van der Waals surface area contributed by atoms with Gasteiger partial charge in [0.25, 0.3) is 0 Å². The van der Waals surface area contributed by atoms with Crippen molar-refractivity contribution in [2.45, 2.75) is 13.5 Å². The molecular weight excluding hydrogens is 166 g/mol. The quantitative estimate of drug-likeness (QED) is 0.688. The predicted octanol–water partition coefficient (Wildman–Crippen LogP) is 1.86. The van der Waals surface area contributed by atoms with E-state index in [0.717, 1.165) is 17.6 Å². The van der Waals surface area contributed by atoms with E-state index in [-0.39, 0.29) is 0 Å². The highest BCUT2D eigenvalue weighted by molar-refractivity contribution is 5.79. The third kappa shape index (κ3) is 1.25. The van der Waals surface area contributed by atoms with Crippen molar-refractivity contribution in [3.8, 4) is 0 Å². The van der Waals surface area contributed by atoms with Crippen LogP contribution in [0.5, 0.6) is 0 Å². The van der Waals surface area contributed by atoms with Gasteiger partial charge in [0.1, 0.15) is 0 Å². The second-order valence-electron chi connectivity index (χ2n) is 2.85. The van der Waals surface area contributed by atoms with Crippen LogP contribution in [0.3, 0.4) is 0 Å². The molecule has 4 nitrogen and oxygen atoms in total. The molecule has 2 rings (SSSR count). The minimum atomic E-state index is 0.661. The van der Waals surface area contributed by atoms with Gasteiger partial charge in [-0.1, -0.05) is 0 Å². The summed E-state index contributed by atoms with van der Waals surface area (Å²) in [6.45, 7) is 2.97. The molecule has 0 radical (unpaired) electrons. The number of hydrogen-bond acceptors (Lipinski definition) is 3. The van der Waals surface area contributed by atoms with Crippen molar-refractivity contribution in [1.29, 1.82) is 0 Å². The maximum absolute atomic E-state index is 8.68. The lowest BCUT2D eigenvalue weighted by Crippen LogP contribution is -1.91. The molecular formula is C9H11N3O. The Morgan fingerprint density at radius 3 is 3.08 bits per heavy atom. The fraction of sp³-hybridized carbons (Fsp3) is 0.222. The Bertz CT molecular complexity index is 422. The molecule has 0 unspecified atom stereocenters. The molecule has 1 aromatic carbocycles. The van der Waals surface area contributed by atoms with Crippen LogP contribution in [0.4, 0.5) is 5.69 Å². The van der Waals surface area contributed by atoms with E-state index < -0.39 is 0 Å². The second kappa shape index (κ2) is 3.06. The van der Waals surface area contributed by atoms with Crippen LogP contribution in [0, 0.1) is 0 Å². The molecule has 4 heteroatoms. The summed E-state index contributed by atoms with van der Waals surface area (Å²) in [5.74, 6) is 0. The number of anilines is 1. The summed E-state index contributed by atoms with van der Waals surface area (Å²) in [6.07, 6.45) is 1.80. The Morgan fingerprint density at radius 2 is 2.38 bits per heavy atom. The van der Waals surface area contributed by atoms with Gasteiger partial charge in [0, 0.05) is 6.54 Å². The minimum absolute atomic E-state index is 0.661. The number of nitrogens with zero attached hydrogens (tertiary/aromatic N) is 2. The third-order valence-corrected chi connectivity index (χ3v) is 2.09. The minimum Gasteiger partial charge on any atom is -0.331 e. The number of hydrogen-bond donors (Lipinski definition) is 2. The van der Waals surface area contributed by atoms with Crippen LogP contribution in [-0.2, 0) is 6.54 Å². The van der Waals surface area contributed by atoms with Crippen LogP contribution < -0.4 is 5.48 Å². The molecule has 13 heavy (non-hydrogen) atoms. The summed E-state index contributed by atoms with van der Waals surface area (Å²) in [5.41, 5.74) is 4.73. The monoisotopic (exact) mass is 177 g/mol. The molecule has 0 atom stereocenters. The number of rotatable bonds is 2. The van der Waals surface area contributed by atoms with Gasteiger partial charge < -0.3 is 4.57 Å². The molecule has 0 saturated heterocycles. The zero-order chi connectivity index (χ0) is 9.26. The maximum Gasteiger partial charge on any atom is 0.0958 e. The van der Waals surface area contributed by atoms with E-state index >= 15 is 0 Å². The molecule has 68 valence electrons. The molecule has 0 aliphatic heterocycles. The normalized spacial score (nSPS) is 10.6. The lowest BCUT2D eigenvalue weighted by Gasteiger charge is -2.00. The third-order valence-electron chi connectivity index (χ3n) is 2.09. The van der Waals surface area contributed by atoms with E-state index in [1.54, 1.807) is 6.33 Å². The second-order valence-corrected chi connectivity index (χ2v) is 2.85. The first-order valence-electron chi connectivity index (χ1n) is 4.20. The highest BCUT2D eigenvalue weighted by Crippen LogP contribution is 2.17. The Morgan fingerprint density at radius 1 is 1.54 bits per heavy atom. The largest absolute Gasteiger partial charge is 0.331 e. The number of nitrogens with one attached hydrogen (secondary N) is 1. The fourth-order valence-corrected chi connectivity index (χ4v) is 1.39. The van der Waals surface area contributed by atoms with E-state index in [9.17, 15) is 0 Å². The summed E-state index contributed by atoms with van der Waals surface area (Å²) in [4.78, 5) is 4.21. The number of benzene rings is 1. The van der Waals surface area contributed by atoms with Gasteiger partial charge in [0.05, 0.1) is 23.0 Å². The van der Waals surface area contributed by atoms with Crippen LogP contribution >= 0.6 is 0 Å². The van der Waals surface area contributed by atoms with Gasteiger partial charge in [-0.15, -0.1) is 0 Å². The van der Waals surface area contributed by atoms with Gasteiger partial charge in [-0.2, -0.15) is 0 Å². The standard InChI is InChI=1S/C9H11N3O/c1-2-12-6-10-8-5-7(11-13)3-4-9(8)12/h3-6,11,13H,2H2,1H3. The molecule has 0 saturated carbocycles. The van der Waals surface area contributed by atoms with Gasteiger partial charge in [-0.25, -0.2) is 4.98 Å². The van der Waals surface area contributed by atoms with Crippen LogP contribution in [0.25, 0.3) is 11.0 Å². The van der Waals surface area contributed by atoms with Crippen LogP contribution in [-0.4, -0.2) is 14.8 Å². The average Bonchev–Trinajstić information content (AvgIpc) is 2.59. The van der Waals surface area contributed by atoms with Crippen molar-refractivity contribution in [3.63, 3.8) is 0 Å². The van der Waals surface area contributed by atoms with Gasteiger partial charge in [0.15, 0.2) is 0 Å². The molecule has 1 heterocycles. The van der Waals surface area contributed by atoms with E-state index in [0.29, 0.717) is 5.69 Å². The topological polar surface area (TPSA) is 50.1 Å². The van der Waals surface area contributed by atoms with Gasteiger partial charge >= 0.3 is 0 Å². The summed E-state index contributed by atoms with van der Waals surface area (Å²) >= 11 is 0. The predicted molar refractivity (Wildman–Crippen MR) is 50.8 cm³/mol. The smallest absolute Gasteiger partial charge is 0.0958 e. The summed E-state index contributed by atoms with van der Waals surface area (Å²) in [6, 6.07) is 5.56. The summed E-state index contributed by atoms with van der Waals surface area (Å²) < 4.78 is 2.05. The van der Waals surface area contributed by atoms with Gasteiger partial charge in [-0.05, 0) is 25.1 Å². The highest BCUT2D eigenvalue weighted by Gasteiger charge is 2.00. The molecule has 0 fully saturated rings. The first kappa shape index (κ1) is 8.07. The van der Waals surface area contributed by atoms with E-state index in [1.165, 1.54) is 0 Å². The number of aryl methyl sites for hydroxylation is 1. The molecule has 0 amide bonds. The van der Waals surface area contributed by atoms with Crippen LogP contribution in [0.2, 0.25) is 0 Å². The van der Waals surface area contributed by atoms with E-state index in [4.69, 9.17) is 5.21 Å². The van der Waals surface area contributed by atoms with Gasteiger partial charge in [-0.3, -0.25) is 10.7 Å². The molecule has 2 N–H and O–H groups in total. The Hall–Kier alpha value is -1.55. The Labute approximate surface area is 75.8 Å². The number of imidazole rings is 1. The summed E-state index contributed by atoms with van der Waals surface area (Å²) in [5, 5.41) is 8.68. The molecule has 0 aliphatic rings. The lowest BCUT2D eigenvalue weighted by atomic mass is 10.3. The van der Waals surface area contributed by atoms with Crippen molar-refractivity contribution in [2.75, 3.05) is 5.48 Å². The van der Waals surface area contributed by atoms with E-state index in [2.05, 4.69) is 22.0 Å². The Kier molecular flexibility index (Phi) is 1.90. The molecule has 0 aliphatic carbocycles. The first-order valence-corrected chi connectivity index (χ1v) is 4.20. The van der Waals surface area contributed by atoms with Crippen molar-refractivity contribution < 1.29 is 5.21 Å². The lowest BCUT2D eigenvalue weighted by molar-refractivity contribution is 0.389. The fourth-order valence-electron chi connectivity index (χ4n) is 1.39. The zero-order valence-corrected chi connectivity index (χ0v) is 7.36. The SMILES string of the molecule is CCn1cnc2cc(NO)ccc21. The number of fused-ring (bicyclic) bond motifs is 1. The van der Waals surface area contributed by atoms with Crippen LogP contribution in [0.1, 0.15) is 6.92 Å². The molecule has 0 bridgehead atoms. The highest BCUT2D eigenvalue weighted by atomic mass is 16.5. The van der Waals surface area contributed by atoms with Crippen molar-refractivity contribution in [3.05, 3.63) is 24.5 Å². The van der Waals surface area contributed by atoms with Gasteiger partial charge in [0.2, 0.25) is 0 Å². The van der Waals surface area contributed by atoms with Crippen LogP contribution in [0.15, 0.2) is 24.5 Å². The Balaban J connectivity index is 2.61. The van der Waals surface area contributed by atoms with Crippen molar-refractivity contribution in [2.24, 2.45) is 0 Å². The first-order chi connectivity index (χ1) is 6.35. The molecule has 2 aromatic rings. The number of aromatic nitrogens is 2. The average molecular weight is 177 g/mol. The molecule has 0 spiro atoms. The van der Waals surface area contributed by atoms with Crippen molar-refractivity contribution >= 4 is 16.7 Å². The van der Waals surface area contributed by atoms with Crippen molar-refractivity contribution in [1.82, 2.24) is 9.55 Å². The maximum atomic E-state index is 8.68. The summed E-state index contributed by atoms with van der Waals surface area (Å²) in [7, 11) is 0. The molecule has 1 aromatic heterocycles.